The monoisotopic (exact) mass is 408 g/mol. The van der Waals surface area contributed by atoms with Crippen LogP contribution in [0.5, 0.6) is 0 Å². The fraction of sp³-hybridized carbons (Fsp3) is 0.238. The molecule has 8 heteroatoms. The normalized spacial score (nSPS) is 14.7. The number of hydrogen-bond acceptors (Lipinski definition) is 4. The first kappa shape index (κ1) is 18.1. The van der Waals surface area contributed by atoms with E-state index in [1.165, 1.54) is 31.5 Å². The average Bonchev–Trinajstić information content (AvgIpc) is 3.49. The van der Waals surface area contributed by atoms with Gasteiger partial charge in [-0.05, 0) is 61.7 Å². The van der Waals surface area contributed by atoms with E-state index in [4.69, 9.17) is 0 Å². The molecule has 5 rings (SSSR count). The van der Waals surface area contributed by atoms with E-state index >= 15 is 0 Å². The molecule has 0 bridgehead atoms. The van der Waals surface area contributed by atoms with E-state index in [1.54, 1.807) is 34.6 Å². The van der Waals surface area contributed by atoms with Crippen molar-refractivity contribution < 1.29 is 8.42 Å². The Bertz CT molecular complexity index is 1430. The number of pyridine rings is 1. The van der Waals surface area contributed by atoms with Gasteiger partial charge in [-0.3, -0.25) is 14.0 Å². The van der Waals surface area contributed by atoms with E-state index in [0.717, 1.165) is 5.69 Å². The van der Waals surface area contributed by atoms with Crippen molar-refractivity contribution in [2.24, 2.45) is 7.05 Å². The topological polar surface area (TPSA) is 86.0 Å². The lowest BCUT2D eigenvalue weighted by atomic mass is 10.1. The molecule has 1 aliphatic rings. The van der Waals surface area contributed by atoms with Crippen molar-refractivity contribution in [2.45, 2.75) is 23.7 Å². The molecule has 1 fully saturated rings. The highest BCUT2D eigenvalue weighted by Gasteiger charge is 2.23. The molecule has 0 saturated heterocycles. The van der Waals surface area contributed by atoms with Gasteiger partial charge in [0.2, 0.25) is 10.0 Å². The number of sulfonamides is 1. The maximum Gasteiger partial charge on any atom is 0.266 e. The molecule has 0 radical (unpaired) electrons. The van der Waals surface area contributed by atoms with Crippen LogP contribution in [0, 0.1) is 0 Å². The van der Waals surface area contributed by atoms with E-state index in [-0.39, 0.29) is 10.5 Å². The van der Waals surface area contributed by atoms with Crippen molar-refractivity contribution in [1.82, 2.24) is 19.1 Å². The van der Waals surface area contributed by atoms with Gasteiger partial charge in [0.05, 0.1) is 15.8 Å². The van der Waals surface area contributed by atoms with Crippen LogP contribution in [-0.4, -0.2) is 29.8 Å². The van der Waals surface area contributed by atoms with Crippen LogP contribution < -0.4 is 10.3 Å². The van der Waals surface area contributed by atoms with E-state index in [0.29, 0.717) is 27.7 Å². The molecule has 1 aliphatic carbocycles. The standard InChI is InChI=1S/C21H20N4O3S/c1-22-29(27,28)16-9-10-19-17(11-16)20-18(12-24(2)23-20)21(26)25(19)15-7-5-14(6-8-15)13-3-4-13/h5-13,22H,3-4H2,1-2H3. The molecule has 0 aliphatic heterocycles. The molecule has 7 nitrogen and oxygen atoms in total. The fourth-order valence-electron chi connectivity index (χ4n) is 3.83. The van der Waals surface area contributed by atoms with E-state index in [1.807, 2.05) is 12.1 Å². The third-order valence-corrected chi connectivity index (χ3v) is 6.92. The summed E-state index contributed by atoms with van der Waals surface area (Å²) in [5, 5.41) is 5.48. The van der Waals surface area contributed by atoms with Crippen molar-refractivity contribution in [1.29, 1.82) is 0 Å². The summed E-state index contributed by atoms with van der Waals surface area (Å²) >= 11 is 0. The third kappa shape index (κ3) is 2.87. The minimum Gasteiger partial charge on any atom is -0.276 e. The summed E-state index contributed by atoms with van der Waals surface area (Å²) in [6.07, 6.45) is 4.10. The van der Waals surface area contributed by atoms with Crippen LogP contribution in [-0.2, 0) is 17.1 Å². The van der Waals surface area contributed by atoms with Gasteiger partial charge in [-0.25, -0.2) is 13.1 Å². The van der Waals surface area contributed by atoms with Crippen molar-refractivity contribution in [2.75, 3.05) is 7.05 Å². The molecule has 1 saturated carbocycles. The van der Waals surface area contributed by atoms with Gasteiger partial charge in [-0.15, -0.1) is 0 Å². The number of rotatable bonds is 4. The van der Waals surface area contributed by atoms with Crippen LogP contribution in [0.25, 0.3) is 27.5 Å². The Kier molecular flexibility index (Phi) is 3.91. The molecule has 0 atom stereocenters. The highest BCUT2D eigenvalue weighted by atomic mass is 32.2. The zero-order chi connectivity index (χ0) is 20.3. The molecular weight excluding hydrogens is 388 g/mol. The highest BCUT2D eigenvalue weighted by molar-refractivity contribution is 7.89. The van der Waals surface area contributed by atoms with Crippen molar-refractivity contribution in [3.63, 3.8) is 0 Å². The zero-order valence-corrected chi connectivity index (χ0v) is 16.9. The lowest BCUT2D eigenvalue weighted by Gasteiger charge is -2.13. The number of aryl methyl sites for hydroxylation is 1. The van der Waals surface area contributed by atoms with Crippen LogP contribution in [0.15, 0.2) is 58.4 Å². The molecule has 0 unspecified atom stereocenters. The molecule has 0 spiro atoms. The molecule has 1 N–H and O–H groups in total. The van der Waals surface area contributed by atoms with Crippen LogP contribution in [0.4, 0.5) is 0 Å². The van der Waals surface area contributed by atoms with Gasteiger partial charge in [0.25, 0.3) is 5.56 Å². The summed E-state index contributed by atoms with van der Waals surface area (Å²) in [6.45, 7) is 0. The number of aromatic nitrogens is 3. The van der Waals surface area contributed by atoms with Crippen LogP contribution in [0.1, 0.15) is 24.3 Å². The molecule has 148 valence electrons. The summed E-state index contributed by atoms with van der Waals surface area (Å²) < 4.78 is 30.2. The Hall–Kier alpha value is -2.97. The molecule has 2 aromatic carbocycles. The smallest absolute Gasteiger partial charge is 0.266 e. The van der Waals surface area contributed by atoms with Crippen LogP contribution in [0.2, 0.25) is 0 Å². The molecule has 0 amide bonds. The molecule has 2 heterocycles. The summed E-state index contributed by atoms with van der Waals surface area (Å²) in [6, 6.07) is 12.8. The second kappa shape index (κ2) is 6.27. The Balaban J connectivity index is 1.84. The van der Waals surface area contributed by atoms with Gasteiger partial charge in [0, 0.05) is 24.3 Å². The summed E-state index contributed by atoms with van der Waals surface area (Å²) in [5.41, 5.74) is 2.97. The van der Waals surface area contributed by atoms with Crippen LogP contribution >= 0.6 is 0 Å². The third-order valence-electron chi connectivity index (χ3n) is 5.51. The number of nitrogens with one attached hydrogen (secondary N) is 1. The summed E-state index contributed by atoms with van der Waals surface area (Å²) in [5.74, 6) is 0.632. The van der Waals surface area contributed by atoms with Crippen molar-refractivity contribution in [3.8, 4) is 5.69 Å². The first-order chi connectivity index (χ1) is 13.9. The number of nitrogens with zero attached hydrogens (tertiary/aromatic N) is 3. The Morgan fingerprint density at radius 1 is 1.07 bits per heavy atom. The fourth-order valence-corrected chi connectivity index (χ4v) is 4.58. The molecule has 4 aromatic rings. The molecular formula is C21H20N4O3S. The van der Waals surface area contributed by atoms with Gasteiger partial charge < -0.3 is 0 Å². The Morgan fingerprint density at radius 3 is 2.45 bits per heavy atom. The molecule has 29 heavy (non-hydrogen) atoms. The van der Waals surface area contributed by atoms with Gasteiger partial charge in [-0.2, -0.15) is 5.10 Å². The number of benzene rings is 2. The van der Waals surface area contributed by atoms with Gasteiger partial charge in [0.15, 0.2) is 0 Å². The maximum absolute atomic E-state index is 13.3. The minimum atomic E-state index is -3.62. The van der Waals surface area contributed by atoms with Gasteiger partial charge >= 0.3 is 0 Å². The lowest BCUT2D eigenvalue weighted by molar-refractivity contribution is 0.588. The van der Waals surface area contributed by atoms with E-state index < -0.39 is 10.0 Å². The average molecular weight is 408 g/mol. The second-order valence-corrected chi connectivity index (χ2v) is 9.34. The number of hydrogen-bond donors (Lipinski definition) is 1. The quantitative estimate of drug-likeness (QED) is 0.563. The first-order valence-corrected chi connectivity index (χ1v) is 10.9. The minimum absolute atomic E-state index is 0.133. The number of fused-ring (bicyclic) bond motifs is 3. The zero-order valence-electron chi connectivity index (χ0n) is 16.1. The van der Waals surface area contributed by atoms with Crippen molar-refractivity contribution in [3.05, 3.63) is 64.6 Å². The predicted molar refractivity (Wildman–Crippen MR) is 112 cm³/mol. The SMILES string of the molecule is CNS(=O)(=O)c1ccc2c(c1)c1nn(C)cc1c(=O)n2-c1ccc(C2CC2)cc1. The first-order valence-electron chi connectivity index (χ1n) is 9.45. The maximum atomic E-state index is 13.3. The Labute approximate surface area is 167 Å². The second-order valence-electron chi connectivity index (χ2n) is 7.46. The largest absolute Gasteiger partial charge is 0.276 e. The van der Waals surface area contributed by atoms with E-state index in [2.05, 4.69) is 22.0 Å². The van der Waals surface area contributed by atoms with Gasteiger partial charge in [0.1, 0.15) is 5.52 Å². The van der Waals surface area contributed by atoms with Crippen molar-refractivity contribution >= 4 is 31.8 Å². The molecule has 2 aromatic heterocycles. The summed E-state index contributed by atoms with van der Waals surface area (Å²) in [4.78, 5) is 13.4. The van der Waals surface area contributed by atoms with Crippen LogP contribution in [0.3, 0.4) is 0 Å². The lowest BCUT2D eigenvalue weighted by Crippen LogP contribution is -2.20. The van der Waals surface area contributed by atoms with Gasteiger partial charge in [-0.1, -0.05) is 12.1 Å². The predicted octanol–water partition coefficient (Wildman–Crippen LogP) is 2.66. The summed E-state index contributed by atoms with van der Waals surface area (Å²) in [7, 11) is -0.502. The Morgan fingerprint density at radius 2 is 1.79 bits per heavy atom. The van der Waals surface area contributed by atoms with E-state index in [9.17, 15) is 13.2 Å². The highest BCUT2D eigenvalue weighted by Crippen LogP contribution is 2.40.